The summed E-state index contributed by atoms with van der Waals surface area (Å²) in [6.07, 6.45) is 1.48. The molecule has 5 aliphatic heterocycles. The lowest BCUT2D eigenvalue weighted by Crippen LogP contribution is -2.64. The van der Waals surface area contributed by atoms with Gasteiger partial charge in [-0.3, -0.25) is 9.80 Å². The molecule has 6 atom stereocenters. The first-order valence-electron chi connectivity index (χ1n) is 23.0. The second kappa shape index (κ2) is 16.2. The predicted octanol–water partition coefficient (Wildman–Crippen LogP) is 8.24. The van der Waals surface area contributed by atoms with Gasteiger partial charge in [0, 0.05) is 39.1 Å². The summed E-state index contributed by atoms with van der Waals surface area (Å²) in [7, 11) is 3.28. The lowest BCUT2D eigenvalue weighted by atomic mass is 9.93. The maximum Gasteiger partial charge on any atom is 0.407 e. The topological polar surface area (TPSA) is 139 Å². The summed E-state index contributed by atoms with van der Waals surface area (Å²) in [5.74, 6) is 2.14. The van der Waals surface area contributed by atoms with Crippen LogP contribution in [0.25, 0.3) is 22.3 Å². The maximum absolute atomic E-state index is 18.1. The summed E-state index contributed by atoms with van der Waals surface area (Å²) in [4.78, 5) is 40.8. The number of aryl methyl sites for hydroxylation is 1. The molecule has 8 heterocycles. The van der Waals surface area contributed by atoms with E-state index in [1.807, 2.05) is 62.4 Å². The van der Waals surface area contributed by atoms with Gasteiger partial charge < -0.3 is 33.9 Å². The Morgan fingerprint density at radius 1 is 0.955 bits per heavy atom. The van der Waals surface area contributed by atoms with Crippen molar-refractivity contribution in [1.82, 2.24) is 29.7 Å². The molecule has 6 aliphatic rings. The number of fused-ring (bicyclic) bond motifs is 6. The molecule has 16 heteroatoms. The SMILES string of the molecule is C=C1CN2C[C@H](F)CC2(COc2nc3c4c(nc(-c5nc(N(Cc6ccc(OC)cc6)Cc6ccc(OC)cc6)cc(C)c5C5CC5)c(F)c4n2)OC(C)C2C4CCC(CN32)N4C(=O)O)C1. The van der Waals surface area contributed by atoms with Gasteiger partial charge in [-0.2, -0.15) is 9.97 Å². The number of hydrogen-bond acceptors (Lipinski definition) is 12. The van der Waals surface area contributed by atoms with E-state index in [-0.39, 0.29) is 48.1 Å². The number of anilines is 2. The molecule has 344 valence electrons. The molecule has 11 rings (SSSR count). The summed E-state index contributed by atoms with van der Waals surface area (Å²) in [6.45, 7) is 10.4. The van der Waals surface area contributed by atoms with Crippen LogP contribution in [0.15, 0.2) is 66.7 Å². The summed E-state index contributed by atoms with van der Waals surface area (Å²) < 4.78 is 57.3. The highest BCUT2D eigenvalue weighted by molar-refractivity contribution is 5.97. The van der Waals surface area contributed by atoms with Gasteiger partial charge in [0.25, 0.3) is 0 Å². The Morgan fingerprint density at radius 2 is 1.65 bits per heavy atom. The van der Waals surface area contributed by atoms with Crippen LogP contribution in [0.2, 0.25) is 0 Å². The van der Waals surface area contributed by atoms with E-state index < -0.39 is 41.8 Å². The van der Waals surface area contributed by atoms with Crippen molar-refractivity contribution in [3.05, 3.63) is 94.8 Å². The van der Waals surface area contributed by atoms with Gasteiger partial charge >= 0.3 is 12.1 Å². The van der Waals surface area contributed by atoms with Crippen LogP contribution < -0.4 is 28.7 Å². The second-order valence-corrected chi connectivity index (χ2v) is 19.1. The molecule has 2 aromatic carbocycles. The van der Waals surface area contributed by atoms with Gasteiger partial charge in [-0.25, -0.2) is 23.5 Å². The molecule has 1 amide bonds. The number of carboxylic acid groups (broad SMARTS) is 1. The number of hydrogen-bond donors (Lipinski definition) is 1. The third-order valence-electron chi connectivity index (χ3n) is 14.7. The molecule has 4 saturated heterocycles. The summed E-state index contributed by atoms with van der Waals surface area (Å²) in [5, 5.41) is 10.7. The van der Waals surface area contributed by atoms with Crippen molar-refractivity contribution in [3.8, 4) is 34.8 Å². The Hall–Kier alpha value is -6.29. The van der Waals surface area contributed by atoms with Gasteiger partial charge in [-0.15, -0.1) is 0 Å². The number of halogens is 2. The Balaban J connectivity index is 1.06. The highest BCUT2D eigenvalue weighted by Gasteiger charge is 2.54. The molecule has 0 radical (unpaired) electrons. The van der Waals surface area contributed by atoms with E-state index in [1.165, 1.54) is 0 Å². The average Bonchev–Trinajstić information content (AvgIpc) is 3.97. The number of pyridine rings is 2. The van der Waals surface area contributed by atoms with Crippen molar-refractivity contribution in [1.29, 1.82) is 0 Å². The van der Waals surface area contributed by atoms with Crippen molar-refractivity contribution in [2.24, 2.45) is 0 Å². The Morgan fingerprint density at radius 3 is 2.30 bits per heavy atom. The van der Waals surface area contributed by atoms with Crippen molar-refractivity contribution in [3.63, 3.8) is 0 Å². The summed E-state index contributed by atoms with van der Waals surface area (Å²) >= 11 is 0. The largest absolute Gasteiger partial charge is 0.497 e. The van der Waals surface area contributed by atoms with Crippen molar-refractivity contribution in [2.75, 3.05) is 50.3 Å². The first kappa shape index (κ1) is 42.4. The van der Waals surface area contributed by atoms with Crippen molar-refractivity contribution < 1.29 is 37.6 Å². The lowest BCUT2D eigenvalue weighted by Gasteiger charge is -2.47. The third-order valence-corrected chi connectivity index (χ3v) is 14.7. The van der Waals surface area contributed by atoms with Gasteiger partial charge in [0.2, 0.25) is 5.88 Å². The molecule has 2 bridgehead atoms. The molecule has 1 aliphatic carbocycles. The fourth-order valence-electron chi connectivity index (χ4n) is 11.6. The number of ether oxygens (including phenoxy) is 4. The van der Waals surface area contributed by atoms with E-state index in [9.17, 15) is 14.3 Å². The molecule has 1 N–H and O–H groups in total. The molecule has 0 spiro atoms. The molecule has 1 saturated carbocycles. The lowest BCUT2D eigenvalue weighted by molar-refractivity contribution is 0.0706. The van der Waals surface area contributed by atoms with Gasteiger partial charge in [0.15, 0.2) is 5.82 Å². The standard InChI is InChI=1S/C50H54F2N8O6/c1-27-19-50(20-33(51)24-58(50)21-27)26-65-48-55-42-40-46(56-48)59-25-34-12-17-37(60(34)49(61)62)45(59)29(3)66-47(40)54-44(41(42)52)43-39(32-10-11-32)28(2)18-38(53-43)57(22-30-6-13-35(63-4)14-7-30)23-31-8-15-36(64-5)16-9-31/h6-9,13-16,18,29,32-34,37,45H,1,10-12,17,19-26H2,2-5H3,(H,61,62)/t29?,33-,34?,37?,45?,50?/m1/s1. The molecule has 5 fully saturated rings. The van der Waals surface area contributed by atoms with Crippen LogP contribution in [0.3, 0.4) is 0 Å². The van der Waals surface area contributed by atoms with E-state index in [0.29, 0.717) is 74.7 Å². The van der Waals surface area contributed by atoms with E-state index in [0.717, 1.165) is 52.2 Å². The van der Waals surface area contributed by atoms with Crippen molar-refractivity contribution >= 4 is 28.6 Å². The van der Waals surface area contributed by atoms with Gasteiger partial charge in [0.1, 0.15) is 58.6 Å². The zero-order valence-electron chi connectivity index (χ0n) is 37.7. The summed E-state index contributed by atoms with van der Waals surface area (Å²) in [6, 6.07) is 16.7. The average molecular weight is 901 g/mol. The van der Waals surface area contributed by atoms with Crippen LogP contribution >= 0.6 is 0 Å². The Bertz CT molecular complexity index is 2690. The zero-order chi connectivity index (χ0) is 45.6. The van der Waals surface area contributed by atoms with Gasteiger partial charge in [-0.05, 0) is 104 Å². The minimum Gasteiger partial charge on any atom is -0.497 e. The van der Waals surface area contributed by atoms with Gasteiger partial charge in [-0.1, -0.05) is 36.4 Å². The number of methoxy groups -OCH3 is 2. The number of aromatic nitrogens is 4. The molecule has 14 nitrogen and oxygen atoms in total. The zero-order valence-corrected chi connectivity index (χ0v) is 37.7. The third kappa shape index (κ3) is 7.28. The van der Waals surface area contributed by atoms with E-state index in [1.54, 1.807) is 19.1 Å². The minimum absolute atomic E-state index is 0.00229. The van der Waals surface area contributed by atoms with Crippen LogP contribution in [-0.4, -0.2) is 117 Å². The van der Waals surface area contributed by atoms with Crippen LogP contribution in [0.1, 0.15) is 73.6 Å². The van der Waals surface area contributed by atoms with E-state index in [2.05, 4.69) is 27.3 Å². The number of rotatable bonds is 12. The van der Waals surface area contributed by atoms with Crippen LogP contribution in [0, 0.1) is 12.7 Å². The van der Waals surface area contributed by atoms with Crippen molar-refractivity contribution in [2.45, 2.75) is 107 Å². The number of alkyl halides is 1. The molecule has 5 aromatic rings. The highest BCUT2D eigenvalue weighted by Crippen LogP contribution is 2.50. The monoisotopic (exact) mass is 900 g/mol. The van der Waals surface area contributed by atoms with E-state index >= 15 is 4.39 Å². The predicted molar refractivity (Wildman–Crippen MR) is 244 cm³/mol. The molecule has 66 heavy (non-hydrogen) atoms. The quantitative estimate of drug-likeness (QED) is 0.121. The molecule has 3 aromatic heterocycles. The maximum atomic E-state index is 18.1. The van der Waals surface area contributed by atoms with E-state index in [4.69, 9.17) is 38.9 Å². The highest BCUT2D eigenvalue weighted by atomic mass is 19.1. The number of nitrogens with zero attached hydrogens (tertiary/aromatic N) is 8. The molecular formula is C50H54F2N8O6. The minimum atomic E-state index is -1.01. The number of amides is 1. The van der Waals surface area contributed by atoms with Crippen LogP contribution in [-0.2, 0) is 13.1 Å². The first-order valence-corrected chi connectivity index (χ1v) is 23.0. The Labute approximate surface area is 382 Å². The fourth-order valence-corrected chi connectivity index (χ4v) is 11.6. The molecular weight excluding hydrogens is 847 g/mol. The summed E-state index contributed by atoms with van der Waals surface area (Å²) in [5.41, 5.74) is 4.72. The normalized spacial score (nSPS) is 25.4. The number of carbonyl (C=O) groups is 1. The van der Waals surface area contributed by atoms with Gasteiger partial charge in [0.05, 0.1) is 43.6 Å². The smallest absolute Gasteiger partial charge is 0.407 e. The second-order valence-electron chi connectivity index (χ2n) is 19.1. The first-order chi connectivity index (χ1) is 31.9. The van der Waals surface area contributed by atoms with Crippen LogP contribution in [0.4, 0.5) is 25.2 Å². The number of benzene rings is 2. The number of piperazine rings is 1. The Kier molecular flexibility index (Phi) is 10.4. The fraction of sp³-hybridized carbons (Fsp3) is 0.460. The molecule has 5 unspecified atom stereocenters. The van der Waals surface area contributed by atoms with Crippen LogP contribution in [0.5, 0.6) is 23.4 Å².